The number of nitrogens with one attached hydrogen (secondary N) is 1. The molecule has 1 saturated carbocycles. The molecule has 1 aromatic carbocycles. The summed E-state index contributed by atoms with van der Waals surface area (Å²) in [7, 11) is 0. The Hall–Kier alpha value is -2.16. The van der Waals surface area contributed by atoms with E-state index in [9.17, 15) is 4.79 Å². The van der Waals surface area contributed by atoms with Crippen LogP contribution in [0.3, 0.4) is 0 Å². The lowest BCUT2D eigenvalue weighted by atomic mass is 10.1. The molecule has 1 aromatic heterocycles. The fourth-order valence-electron chi connectivity index (χ4n) is 2.28. The Morgan fingerprint density at radius 2 is 2.00 bits per heavy atom. The Morgan fingerprint density at radius 3 is 2.68 bits per heavy atom. The highest BCUT2D eigenvalue weighted by atomic mass is 16.1. The molecule has 1 aliphatic carbocycles. The normalized spacial score (nSPS) is 20.9. The van der Waals surface area contributed by atoms with Crippen molar-refractivity contribution in [3.05, 3.63) is 65.5 Å². The minimum absolute atomic E-state index is 0.0315. The molecule has 2 aromatic rings. The third kappa shape index (κ3) is 2.65. The molecule has 19 heavy (non-hydrogen) atoms. The number of aromatic nitrogens is 1. The van der Waals surface area contributed by atoms with E-state index in [0.29, 0.717) is 11.5 Å². The third-order valence-electron chi connectivity index (χ3n) is 3.51. The van der Waals surface area contributed by atoms with Gasteiger partial charge in [-0.05, 0) is 31.0 Å². The van der Waals surface area contributed by atoms with Crippen LogP contribution in [0.2, 0.25) is 0 Å². The van der Waals surface area contributed by atoms with Gasteiger partial charge in [0.1, 0.15) is 0 Å². The summed E-state index contributed by atoms with van der Waals surface area (Å²) < 4.78 is 0. The number of nitrogens with zero attached hydrogens (tertiary/aromatic N) is 1. The second-order valence-corrected chi connectivity index (χ2v) is 5.02. The molecular formula is C16H16N2O. The van der Waals surface area contributed by atoms with Gasteiger partial charge in [-0.3, -0.25) is 9.78 Å². The lowest BCUT2D eigenvalue weighted by Gasteiger charge is -2.05. The Kier molecular flexibility index (Phi) is 3.03. The quantitative estimate of drug-likeness (QED) is 0.912. The van der Waals surface area contributed by atoms with Crippen molar-refractivity contribution in [3.63, 3.8) is 0 Å². The van der Waals surface area contributed by atoms with Gasteiger partial charge in [0.15, 0.2) is 0 Å². The molecule has 1 fully saturated rings. The van der Waals surface area contributed by atoms with E-state index in [2.05, 4.69) is 22.4 Å². The van der Waals surface area contributed by atoms with E-state index < -0.39 is 0 Å². The van der Waals surface area contributed by atoms with E-state index in [1.165, 1.54) is 5.56 Å². The number of amides is 1. The standard InChI is InChI=1S/C16H16N2O/c1-11-7-8-13(10-17-11)16(19)18-15-9-14(15)12-5-3-2-4-6-12/h2-8,10,14-15H,9H2,1H3,(H,18,19)/t14-,15+/m1/s1. The number of hydrogen-bond donors (Lipinski definition) is 1. The lowest BCUT2D eigenvalue weighted by molar-refractivity contribution is 0.0950. The molecule has 2 atom stereocenters. The number of hydrogen-bond acceptors (Lipinski definition) is 2. The van der Waals surface area contributed by atoms with Crippen molar-refractivity contribution in [2.75, 3.05) is 0 Å². The molecule has 1 heterocycles. The Balaban J connectivity index is 1.62. The second kappa shape index (κ2) is 4.84. The average molecular weight is 252 g/mol. The molecule has 1 amide bonds. The third-order valence-corrected chi connectivity index (χ3v) is 3.51. The minimum Gasteiger partial charge on any atom is -0.349 e. The second-order valence-electron chi connectivity index (χ2n) is 5.02. The van der Waals surface area contributed by atoms with Gasteiger partial charge in [-0.2, -0.15) is 0 Å². The molecule has 0 radical (unpaired) electrons. The topological polar surface area (TPSA) is 42.0 Å². The van der Waals surface area contributed by atoms with Gasteiger partial charge in [-0.25, -0.2) is 0 Å². The van der Waals surface area contributed by atoms with Crippen LogP contribution in [0.5, 0.6) is 0 Å². The van der Waals surface area contributed by atoms with E-state index in [1.807, 2.05) is 37.3 Å². The zero-order chi connectivity index (χ0) is 13.2. The first-order valence-corrected chi connectivity index (χ1v) is 6.52. The van der Waals surface area contributed by atoms with Gasteiger partial charge >= 0.3 is 0 Å². The lowest BCUT2D eigenvalue weighted by Crippen LogP contribution is -2.26. The van der Waals surface area contributed by atoms with Gasteiger partial charge in [0.05, 0.1) is 5.56 Å². The van der Waals surface area contributed by atoms with Crippen molar-refractivity contribution < 1.29 is 4.79 Å². The summed E-state index contributed by atoms with van der Waals surface area (Å²) >= 11 is 0. The first-order valence-electron chi connectivity index (χ1n) is 6.52. The van der Waals surface area contributed by atoms with E-state index in [4.69, 9.17) is 0 Å². The van der Waals surface area contributed by atoms with Crippen molar-refractivity contribution in [1.82, 2.24) is 10.3 Å². The summed E-state index contributed by atoms with van der Waals surface area (Å²) in [5.74, 6) is 0.430. The van der Waals surface area contributed by atoms with Crippen LogP contribution in [0.25, 0.3) is 0 Å². The fourth-order valence-corrected chi connectivity index (χ4v) is 2.28. The van der Waals surface area contributed by atoms with Crippen LogP contribution in [0.15, 0.2) is 48.7 Å². The van der Waals surface area contributed by atoms with E-state index >= 15 is 0 Å². The summed E-state index contributed by atoms with van der Waals surface area (Å²) in [5, 5.41) is 3.06. The molecule has 0 unspecified atom stereocenters. The smallest absolute Gasteiger partial charge is 0.253 e. The van der Waals surface area contributed by atoms with Gasteiger partial charge in [0.2, 0.25) is 0 Å². The van der Waals surface area contributed by atoms with Crippen LogP contribution >= 0.6 is 0 Å². The number of carbonyl (C=O) groups is 1. The molecular weight excluding hydrogens is 236 g/mol. The van der Waals surface area contributed by atoms with Crippen LogP contribution in [-0.4, -0.2) is 16.9 Å². The van der Waals surface area contributed by atoms with Crippen molar-refractivity contribution in [3.8, 4) is 0 Å². The maximum Gasteiger partial charge on any atom is 0.253 e. The molecule has 0 spiro atoms. The Labute approximate surface area is 112 Å². The number of rotatable bonds is 3. The van der Waals surface area contributed by atoms with Crippen molar-refractivity contribution >= 4 is 5.91 Å². The summed E-state index contributed by atoms with van der Waals surface area (Å²) in [5.41, 5.74) is 2.85. The van der Waals surface area contributed by atoms with Crippen LogP contribution in [-0.2, 0) is 0 Å². The number of carbonyl (C=O) groups excluding carboxylic acids is 1. The zero-order valence-corrected chi connectivity index (χ0v) is 10.8. The van der Waals surface area contributed by atoms with Gasteiger partial charge < -0.3 is 5.32 Å². The van der Waals surface area contributed by atoms with Crippen molar-refractivity contribution in [1.29, 1.82) is 0 Å². The highest BCUT2D eigenvalue weighted by Gasteiger charge is 2.39. The molecule has 0 saturated heterocycles. The van der Waals surface area contributed by atoms with Gasteiger partial charge in [-0.15, -0.1) is 0 Å². The van der Waals surface area contributed by atoms with Gasteiger partial charge in [0.25, 0.3) is 5.91 Å². The maximum atomic E-state index is 12.0. The van der Waals surface area contributed by atoms with Crippen LogP contribution in [0, 0.1) is 6.92 Å². The van der Waals surface area contributed by atoms with Gasteiger partial charge in [-0.1, -0.05) is 30.3 Å². The molecule has 0 aliphatic heterocycles. The van der Waals surface area contributed by atoms with Crippen LogP contribution in [0.4, 0.5) is 0 Å². The van der Waals surface area contributed by atoms with Crippen molar-refractivity contribution in [2.45, 2.75) is 25.3 Å². The molecule has 1 N–H and O–H groups in total. The summed E-state index contributed by atoms with van der Waals surface area (Å²) in [6.45, 7) is 1.91. The highest BCUT2D eigenvalue weighted by molar-refractivity contribution is 5.94. The average Bonchev–Trinajstić information content (AvgIpc) is 3.20. The SMILES string of the molecule is Cc1ccc(C(=O)N[C@H]2C[C@@H]2c2ccccc2)cn1. The predicted molar refractivity (Wildman–Crippen MR) is 74.0 cm³/mol. The largest absolute Gasteiger partial charge is 0.349 e. The maximum absolute atomic E-state index is 12.0. The summed E-state index contributed by atoms with van der Waals surface area (Å²) in [6, 6.07) is 14.3. The number of pyridine rings is 1. The summed E-state index contributed by atoms with van der Waals surface area (Å²) in [4.78, 5) is 16.2. The Bertz CT molecular complexity index is 577. The van der Waals surface area contributed by atoms with E-state index in [1.54, 1.807) is 6.20 Å². The summed E-state index contributed by atoms with van der Waals surface area (Å²) in [6.07, 6.45) is 2.65. The van der Waals surface area contributed by atoms with Crippen LogP contribution in [0.1, 0.15) is 34.0 Å². The predicted octanol–water partition coefficient (Wildman–Crippen LogP) is 2.68. The van der Waals surface area contributed by atoms with Gasteiger partial charge in [0, 0.05) is 23.9 Å². The first kappa shape index (κ1) is 11.9. The molecule has 3 rings (SSSR count). The minimum atomic E-state index is -0.0315. The molecule has 0 bridgehead atoms. The number of aryl methyl sites for hydroxylation is 1. The molecule has 3 nitrogen and oxygen atoms in total. The van der Waals surface area contributed by atoms with E-state index in [0.717, 1.165) is 12.1 Å². The van der Waals surface area contributed by atoms with Crippen LogP contribution < -0.4 is 5.32 Å². The fraction of sp³-hybridized carbons (Fsp3) is 0.250. The number of benzene rings is 1. The van der Waals surface area contributed by atoms with E-state index in [-0.39, 0.29) is 11.9 Å². The first-order chi connectivity index (χ1) is 9.24. The Morgan fingerprint density at radius 1 is 1.21 bits per heavy atom. The highest BCUT2D eigenvalue weighted by Crippen LogP contribution is 2.40. The van der Waals surface area contributed by atoms with Crippen molar-refractivity contribution in [2.24, 2.45) is 0 Å². The monoisotopic (exact) mass is 252 g/mol. The zero-order valence-electron chi connectivity index (χ0n) is 10.8. The molecule has 1 aliphatic rings. The molecule has 96 valence electrons. The molecule has 3 heteroatoms.